The Labute approximate surface area is 217 Å². The van der Waals surface area contributed by atoms with Crippen LogP contribution in [0.3, 0.4) is 0 Å². The third-order valence-corrected chi connectivity index (χ3v) is 8.52. The number of carbonyl (C=O) groups excluding carboxylic acids is 2. The standard InChI is InChI=1S/C25H22BrClN2O5S/c1-34-17-9-11-18(12-10-17)35(32,33)29-14-4-7-23(29)25(31)28-22-13-8-16(26)15-20(22)24(30)19-5-2-3-6-21(19)27/h2-3,5-6,8-13,15,23H,4,7,14H2,1H3,(H,28,31). The van der Waals surface area contributed by atoms with Crippen molar-refractivity contribution in [2.24, 2.45) is 0 Å². The van der Waals surface area contributed by atoms with Crippen molar-refractivity contribution in [2.75, 3.05) is 19.0 Å². The lowest BCUT2D eigenvalue weighted by molar-refractivity contribution is -0.119. The molecule has 1 atom stereocenters. The molecule has 0 aliphatic carbocycles. The quantitative estimate of drug-likeness (QED) is 0.393. The van der Waals surface area contributed by atoms with Crippen molar-refractivity contribution >= 4 is 54.9 Å². The Kier molecular flexibility index (Phi) is 7.61. The molecule has 0 spiro atoms. The van der Waals surface area contributed by atoms with E-state index in [0.29, 0.717) is 33.6 Å². The molecule has 3 aromatic carbocycles. The highest BCUT2D eigenvalue weighted by atomic mass is 79.9. The van der Waals surface area contributed by atoms with Crippen molar-refractivity contribution in [1.29, 1.82) is 0 Å². The number of rotatable bonds is 7. The van der Waals surface area contributed by atoms with Gasteiger partial charge in [-0.3, -0.25) is 9.59 Å². The number of methoxy groups -OCH3 is 1. The van der Waals surface area contributed by atoms with Gasteiger partial charge in [-0.25, -0.2) is 8.42 Å². The zero-order valence-electron chi connectivity index (χ0n) is 18.7. The second-order valence-electron chi connectivity index (χ2n) is 7.94. The van der Waals surface area contributed by atoms with E-state index in [-0.39, 0.29) is 28.5 Å². The van der Waals surface area contributed by atoms with E-state index in [1.54, 1.807) is 54.6 Å². The first-order valence-corrected chi connectivity index (χ1v) is 13.4. The van der Waals surface area contributed by atoms with Crippen molar-refractivity contribution in [3.05, 3.63) is 87.4 Å². The van der Waals surface area contributed by atoms with Crippen molar-refractivity contribution in [3.63, 3.8) is 0 Å². The van der Waals surface area contributed by atoms with Gasteiger partial charge in [-0.2, -0.15) is 4.31 Å². The van der Waals surface area contributed by atoms with Gasteiger partial charge in [-0.15, -0.1) is 0 Å². The SMILES string of the molecule is COc1ccc(S(=O)(=O)N2CCCC2C(=O)Nc2ccc(Br)cc2C(=O)c2ccccc2Cl)cc1. The number of hydrogen-bond acceptors (Lipinski definition) is 5. The second kappa shape index (κ2) is 10.5. The molecule has 3 aromatic rings. The van der Waals surface area contributed by atoms with Crippen LogP contribution in [-0.2, 0) is 14.8 Å². The van der Waals surface area contributed by atoms with E-state index in [9.17, 15) is 18.0 Å². The van der Waals surface area contributed by atoms with Gasteiger partial charge in [-0.1, -0.05) is 39.7 Å². The second-order valence-corrected chi connectivity index (χ2v) is 11.2. The van der Waals surface area contributed by atoms with Crippen molar-refractivity contribution in [1.82, 2.24) is 4.31 Å². The molecule has 0 radical (unpaired) electrons. The third kappa shape index (κ3) is 5.28. The summed E-state index contributed by atoms with van der Waals surface area (Å²) in [6.45, 7) is 0.220. The molecule has 1 saturated heterocycles. The molecule has 0 saturated carbocycles. The number of carbonyl (C=O) groups is 2. The summed E-state index contributed by atoms with van der Waals surface area (Å²) in [5.41, 5.74) is 0.813. The maximum Gasteiger partial charge on any atom is 0.243 e. The summed E-state index contributed by atoms with van der Waals surface area (Å²) in [4.78, 5) is 26.6. The fraction of sp³-hybridized carbons (Fsp3) is 0.200. The van der Waals surface area contributed by atoms with Crippen LogP contribution in [-0.4, -0.2) is 44.1 Å². The van der Waals surface area contributed by atoms with Crippen molar-refractivity contribution in [2.45, 2.75) is 23.8 Å². The Hall–Kier alpha value is -2.72. The van der Waals surface area contributed by atoms with Gasteiger partial charge < -0.3 is 10.1 Å². The molecular weight excluding hydrogens is 556 g/mol. The first-order chi connectivity index (χ1) is 16.7. The van der Waals surface area contributed by atoms with Crippen LogP contribution in [0.25, 0.3) is 0 Å². The van der Waals surface area contributed by atoms with Crippen LogP contribution in [0.15, 0.2) is 76.1 Å². The fourth-order valence-corrected chi connectivity index (χ4v) is 6.23. The number of halogens is 2. The molecular formula is C25H22BrClN2O5S. The molecule has 1 N–H and O–H groups in total. The minimum absolute atomic E-state index is 0.0798. The van der Waals surface area contributed by atoms with Gasteiger partial charge in [0.05, 0.1) is 22.7 Å². The Morgan fingerprint density at radius 1 is 1.06 bits per heavy atom. The van der Waals surface area contributed by atoms with Gasteiger partial charge in [0, 0.05) is 22.1 Å². The molecule has 1 fully saturated rings. The molecule has 1 aliphatic heterocycles. The Balaban J connectivity index is 1.61. The van der Waals surface area contributed by atoms with Gasteiger partial charge in [0.2, 0.25) is 15.9 Å². The van der Waals surface area contributed by atoms with Crippen LogP contribution in [0, 0.1) is 0 Å². The number of amides is 1. The lowest BCUT2D eigenvalue weighted by Gasteiger charge is -2.24. The topological polar surface area (TPSA) is 92.8 Å². The molecule has 1 unspecified atom stereocenters. The minimum atomic E-state index is -3.91. The lowest BCUT2D eigenvalue weighted by atomic mass is 10.0. The highest BCUT2D eigenvalue weighted by Crippen LogP contribution is 2.30. The number of benzene rings is 3. The molecule has 182 valence electrons. The normalized spacial score (nSPS) is 16.1. The van der Waals surface area contributed by atoms with Crippen molar-refractivity contribution in [3.8, 4) is 5.75 Å². The summed E-state index contributed by atoms with van der Waals surface area (Å²) < 4.78 is 33.5. The average molecular weight is 578 g/mol. The number of ketones is 1. The number of nitrogens with one attached hydrogen (secondary N) is 1. The molecule has 1 heterocycles. The molecule has 10 heteroatoms. The summed E-state index contributed by atoms with van der Waals surface area (Å²) in [6, 6.07) is 16.7. The monoisotopic (exact) mass is 576 g/mol. The van der Waals surface area contributed by atoms with Crippen LogP contribution in [0.1, 0.15) is 28.8 Å². The Morgan fingerprint density at radius 3 is 2.46 bits per heavy atom. The first-order valence-electron chi connectivity index (χ1n) is 10.8. The predicted molar refractivity (Wildman–Crippen MR) is 138 cm³/mol. The smallest absolute Gasteiger partial charge is 0.243 e. The minimum Gasteiger partial charge on any atom is -0.497 e. The predicted octanol–water partition coefficient (Wildman–Crippen LogP) is 5.13. The summed E-state index contributed by atoms with van der Waals surface area (Å²) in [5.74, 6) is -0.331. The lowest BCUT2D eigenvalue weighted by Crippen LogP contribution is -2.43. The first kappa shape index (κ1) is 25.4. The Bertz CT molecular complexity index is 1380. The van der Waals surface area contributed by atoms with E-state index >= 15 is 0 Å². The molecule has 1 amide bonds. The largest absolute Gasteiger partial charge is 0.497 e. The zero-order chi connectivity index (χ0) is 25.2. The molecule has 4 rings (SSSR count). The third-order valence-electron chi connectivity index (χ3n) is 5.77. The van der Waals surface area contributed by atoms with E-state index in [4.69, 9.17) is 16.3 Å². The molecule has 1 aliphatic rings. The van der Waals surface area contributed by atoms with Gasteiger partial charge in [-0.05, 0) is 67.4 Å². The fourth-order valence-electron chi connectivity index (χ4n) is 3.99. The van der Waals surface area contributed by atoms with E-state index in [0.717, 1.165) is 0 Å². The van der Waals surface area contributed by atoms with E-state index in [1.165, 1.54) is 23.5 Å². The van der Waals surface area contributed by atoms with Crippen LogP contribution in [0.4, 0.5) is 5.69 Å². The highest BCUT2D eigenvalue weighted by molar-refractivity contribution is 9.10. The number of nitrogens with zero attached hydrogens (tertiary/aromatic N) is 1. The van der Waals surface area contributed by atoms with Gasteiger partial charge >= 0.3 is 0 Å². The zero-order valence-corrected chi connectivity index (χ0v) is 21.9. The summed E-state index contributed by atoms with van der Waals surface area (Å²) in [5, 5.41) is 3.07. The van der Waals surface area contributed by atoms with Crippen LogP contribution < -0.4 is 10.1 Å². The maximum absolute atomic E-state index is 13.3. The number of anilines is 1. The highest BCUT2D eigenvalue weighted by Gasteiger charge is 2.39. The molecule has 7 nitrogen and oxygen atoms in total. The molecule has 0 bridgehead atoms. The summed E-state index contributed by atoms with van der Waals surface area (Å²) in [7, 11) is -2.41. The number of hydrogen-bond donors (Lipinski definition) is 1. The van der Waals surface area contributed by atoms with Gasteiger partial charge in [0.25, 0.3) is 0 Å². The maximum atomic E-state index is 13.3. The molecule has 0 aromatic heterocycles. The van der Waals surface area contributed by atoms with Gasteiger partial charge in [0.15, 0.2) is 5.78 Å². The number of sulfonamides is 1. The van der Waals surface area contributed by atoms with Gasteiger partial charge in [0.1, 0.15) is 11.8 Å². The molecule has 35 heavy (non-hydrogen) atoms. The van der Waals surface area contributed by atoms with Crippen LogP contribution in [0.5, 0.6) is 5.75 Å². The Morgan fingerprint density at radius 2 is 1.77 bits per heavy atom. The van der Waals surface area contributed by atoms with Crippen LogP contribution >= 0.6 is 27.5 Å². The average Bonchev–Trinajstić information content (AvgIpc) is 3.36. The van der Waals surface area contributed by atoms with E-state index < -0.39 is 22.0 Å². The summed E-state index contributed by atoms with van der Waals surface area (Å²) in [6.07, 6.45) is 0.907. The van der Waals surface area contributed by atoms with E-state index in [2.05, 4.69) is 21.2 Å². The number of ether oxygens (including phenoxy) is 1. The van der Waals surface area contributed by atoms with Crippen LogP contribution in [0.2, 0.25) is 5.02 Å². The van der Waals surface area contributed by atoms with E-state index in [1.807, 2.05) is 0 Å². The van der Waals surface area contributed by atoms with Crippen molar-refractivity contribution < 1.29 is 22.7 Å². The summed E-state index contributed by atoms with van der Waals surface area (Å²) >= 11 is 9.58.